The molecule has 0 amide bonds. The SMILES string of the molecule is CCCCCCCCCCCCCCCC(C)OC(C)CCCCCCCCCCCCCCC. The summed E-state index contributed by atoms with van der Waals surface area (Å²) in [7, 11) is 0. The van der Waals surface area contributed by atoms with Gasteiger partial charge in [0.2, 0.25) is 0 Å². The molecule has 0 aliphatic rings. The van der Waals surface area contributed by atoms with Crippen LogP contribution in [0.25, 0.3) is 0 Å². The lowest BCUT2D eigenvalue weighted by Gasteiger charge is -2.19. The molecule has 0 N–H and O–H groups in total. The summed E-state index contributed by atoms with van der Waals surface area (Å²) in [4.78, 5) is 0. The topological polar surface area (TPSA) is 9.23 Å². The van der Waals surface area contributed by atoms with Gasteiger partial charge in [-0.25, -0.2) is 0 Å². The van der Waals surface area contributed by atoms with Crippen molar-refractivity contribution in [2.75, 3.05) is 0 Å². The summed E-state index contributed by atoms with van der Waals surface area (Å²) < 4.78 is 6.26. The van der Waals surface area contributed by atoms with E-state index in [4.69, 9.17) is 4.74 Å². The molecule has 0 rings (SSSR count). The molecule has 0 fully saturated rings. The number of hydrogen-bond acceptors (Lipinski definition) is 1. The maximum Gasteiger partial charge on any atom is 0.0550 e. The molecule has 1 nitrogen and oxygen atoms in total. The first-order valence-electron chi connectivity index (χ1n) is 16.9. The lowest BCUT2D eigenvalue weighted by molar-refractivity contribution is -0.00232. The molecule has 0 aromatic carbocycles. The number of hydrogen-bond donors (Lipinski definition) is 0. The van der Waals surface area contributed by atoms with E-state index in [0.29, 0.717) is 12.2 Å². The third kappa shape index (κ3) is 30.1. The van der Waals surface area contributed by atoms with Crippen molar-refractivity contribution < 1.29 is 4.74 Å². The molecule has 1 heteroatoms. The van der Waals surface area contributed by atoms with Crippen LogP contribution < -0.4 is 0 Å². The minimum Gasteiger partial charge on any atom is -0.376 e. The van der Waals surface area contributed by atoms with Gasteiger partial charge in [-0.15, -0.1) is 0 Å². The van der Waals surface area contributed by atoms with E-state index < -0.39 is 0 Å². The molecule has 0 bridgehead atoms. The van der Waals surface area contributed by atoms with Crippen molar-refractivity contribution in [1.82, 2.24) is 0 Å². The van der Waals surface area contributed by atoms with Crippen molar-refractivity contribution >= 4 is 0 Å². The first-order chi connectivity index (χ1) is 17.2. The van der Waals surface area contributed by atoms with E-state index in [1.807, 2.05) is 0 Å². The summed E-state index contributed by atoms with van der Waals surface area (Å²) >= 11 is 0. The molecule has 0 spiro atoms. The van der Waals surface area contributed by atoms with E-state index >= 15 is 0 Å². The van der Waals surface area contributed by atoms with Crippen LogP contribution in [-0.4, -0.2) is 12.2 Å². The fourth-order valence-electron chi connectivity index (χ4n) is 5.43. The van der Waals surface area contributed by atoms with Crippen LogP contribution in [0.4, 0.5) is 0 Å². The van der Waals surface area contributed by atoms with E-state index in [1.54, 1.807) is 0 Å². The summed E-state index contributed by atoms with van der Waals surface area (Å²) in [5.74, 6) is 0. The highest BCUT2D eigenvalue weighted by Gasteiger charge is 2.08. The van der Waals surface area contributed by atoms with Crippen LogP contribution in [0.1, 0.15) is 207 Å². The Bertz CT molecular complexity index is 332. The highest BCUT2D eigenvalue weighted by atomic mass is 16.5. The number of unbranched alkanes of at least 4 members (excludes halogenated alkanes) is 24. The highest BCUT2D eigenvalue weighted by molar-refractivity contribution is 4.58. The van der Waals surface area contributed by atoms with E-state index in [-0.39, 0.29) is 0 Å². The zero-order valence-electron chi connectivity index (χ0n) is 25.4. The van der Waals surface area contributed by atoms with Crippen molar-refractivity contribution in [1.29, 1.82) is 0 Å². The minimum absolute atomic E-state index is 0.444. The summed E-state index contributed by atoms with van der Waals surface area (Å²) in [6.07, 6.45) is 40.7. The molecular weight excluding hydrogens is 424 g/mol. The summed E-state index contributed by atoms with van der Waals surface area (Å²) in [6.45, 7) is 9.19. The van der Waals surface area contributed by atoms with Gasteiger partial charge in [-0.3, -0.25) is 0 Å². The van der Waals surface area contributed by atoms with E-state index in [0.717, 1.165) is 0 Å². The van der Waals surface area contributed by atoms with Crippen LogP contribution in [0.5, 0.6) is 0 Å². The average molecular weight is 495 g/mol. The zero-order valence-corrected chi connectivity index (χ0v) is 25.4. The van der Waals surface area contributed by atoms with Crippen molar-refractivity contribution in [3.8, 4) is 0 Å². The quantitative estimate of drug-likeness (QED) is 0.0902. The first-order valence-corrected chi connectivity index (χ1v) is 16.9. The number of rotatable bonds is 30. The molecule has 0 aromatic rings. The normalized spacial score (nSPS) is 13.4. The number of ether oxygens (including phenoxy) is 1. The van der Waals surface area contributed by atoms with E-state index in [1.165, 1.54) is 180 Å². The molecule has 2 unspecified atom stereocenters. The first kappa shape index (κ1) is 35.0. The Labute approximate surface area is 224 Å². The van der Waals surface area contributed by atoms with Gasteiger partial charge in [-0.2, -0.15) is 0 Å². The van der Waals surface area contributed by atoms with Gasteiger partial charge < -0.3 is 4.74 Å². The molecule has 0 saturated carbocycles. The second kappa shape index (κ2) is 30.2. The summed E-state index contributed by atoms with van der Waals surface area (Å²) in [6, 6.07) is 0. The lowest BCUT2D eigenvalue weighted by Crippen LogP contribution is -2.17. The average Bonchev–Trinajstić information content (AvgIpc) is 2.85. The van der Waals surface area contributed by atoms with Gasteiger partial charge in [0.1, 0.15) is 0 Å². The van der Waals surface area contributed by atoms with Crippen molar-refractivity contribution in [3.63, 3.8) is 0 Å². The second-order valence-corrected chi connectivity index (χ2v) is 11.8. The van der Waals surface area contributed by atoms with Gasteiger partial charge in [-0.1, -0.05) is 181 Å². The molecular formula is C34H70O. The zero-order chi connectivity index (χ0) is 25.7. The van der Waals surface area contributed by atoms with Crippen molar-refractivity contribution in [3.05, 3.63) is 0 Å². The maximum atomic E-state index is 6.26. The Balaban J connectivity index is 3.27. The van der Waals surface area contributed by atoms with Crippen LogP contribution >= 0.6 is 0 Å². The molecule has 0 radical (unpaired) electrons. The van der Waals surface area contributed by atoms with Crippen LogP contribution in [0.3, 0.4) is 0 Å². The highest BCUT2D eigenvalue weighted by Crippen LogP contribution is 2.17. The van der Waals surface area contributed by atoms with Gasteiger partial charge in [0, 0.05) is 0 Å². The summed E-state index contributed by atoms with van der Waals surface area (Å²) in [5, 5.41) is 0. The predicted molar refractivity (Wildman–Crippen MR) is 161 cm³/mol. The van der Waals surface area contributed by atoms with Crippen LogP contribution in [-0.2, 0) is 4.74 Å². The van der Waals surface area contributed by atoms with Crippen LogP contribution in [0, 0.1) is 0 Å². The third-order valence-corrected chi connectivity index (χ3v) is 7.89. The van der Waals surface area contributed by atoms with E-state index in [2.05, 4.69) is 27.7 Å². The Kier molecular flexibility index (Phi) is 30.2. The molecule has 0 heterocycles. The van der Waals surface area contributed by atoms with Gasteiger partial charge in [0.15, 0.2) is 0 Å². The second-order valence-electron chi connectivity index (χ2n) is 11.8. The maximum absolute atomic E-state index is 6.26. The summed E-state index contributed by atoms with van der Waals surface area (Å²) in [5.41, 5.74) is 0. The van der Waals surface area contributed by atoms with Gasteiger partial charge in [0.05, 0.1) is 12.2 Å². The molecule has 0 aliphatic carbocycles. The predicted octanol–water partition coefficient (Wildman–Crippen LogP) is 12.7. The Hall–Kier alpha value is -0.0400. The smallest absolute Gasteiger partial charge is 0.0550 e. The molecule has 212 valence electrons. The van der Waals surface area contributed by atoms with Crippen molar-refractivity contribution in [2.45, 2.75) is 220 Å². The monoisotopic (exact) mass is 495 g/mol. The molecule has 0 aromatic heterocycles. The van der Waals surface area contributed by atoms with Crippen molar-refractivity contribution in [2.24, 2.45) is 0 Å². The Morgan fingerprint density at radius 1 is 0.314 bits per heavy atom. The fraction of sp³-hybridized carbons (Fsp3) is 1.00. The third-order valence-electron chi connectivity index (χ3n) is 7.89. The minimum atomic E-state index is 0.444. The standard InChI is InChI=1S/C34H70O/c1-5-7-9-11-13-15-17-19-21-23-25-27-29-31-33(3)35-34(4)32-30-28-26-24-22-20-18-16-14-12-10-8-6-2/h33-34H,5-32H2,1-4H3. The molecule has 0 aliphatic heterocycles. The lowest BCUT2D eigenvalue weighted by atomic mass is 10.0. The molecule has 0 saturated heterocycles. The van der Waals surface area contributed by atoms with Crippen LogP contribution in [0.15, 0.2) is 0 Å². The molecule has 2 atom stereocenters. The van der Waals surface area contributed by atoms with Crippen LogP contribution in [0.2, 0.25) is 0 Å². The van der Waals surface area contributed by atoms with E-state index in [9.17, 15) is 0 Å². The van der Waals surface area contributed by atoms with Gasteiger partial charge in [0.25, 0.3) is 0 Å². The van der Waals surface area contributed by atoms with Gasteiger partial charge >= 0.3 is 0 Å². The largest absolute Gasteiger partial charge is 0.376 e. The van der Waals surface area contributed by atoms with Gasteiger partial charge in [-0.05, 0) is 26.7 Å². The molecule has 35 heavy (non-hydrogen) atoms. The fourth-order valence-corrected chi connectivity index (χ4v) is 5.43. The Morgan fingerprint density at radius 2 is 0.514 bits per heavy atom. The Morgan fingerprint density at radius 3 is 0.743 bits per heavy atom.